The third kappa shape index (κ3) is 6.99. The summed E-state index contributed by atoms with van der Waals surface area (Å²) >= 11 is 0. The summed E-state index contributed by atoms with van der Waals surface area (Å²) in [6.45, 7) is 3.07. The van der Waals surface area contributed by atoms with Crippen LogP contribution in [-0.4, -0.2) is 59.6 Å². The number of hydrogen-bond donors (Lipinski definition) is 2. The Labute approximate surface area is 230 Å². The number of carbonyl (C=O) groups is 3. The molecule has 0 aliphatic carbocycles. The second kappa shape index (κ2) is 13.6. The molecule has 0 unspecified atom stereocenters. The summed E-state index contributed by atoms with van der Waals surface area (Å²) in [6, 6.07) is 16.4. The predicted octanol–water partition coefficient (Wildman–Crippen LogP) is 4.17. The topological polar surface area (TPSA) is 119 Å². The second-order valence-corrected chi connectivity index (χ2v) is 10.6. The van der Waals surface area contributed by atoms with Crippen LogP contribution in [0.4, 0.5) is 0 Å². The van der Waals surface area contributed by atoms with E-state index in [9.17, 15) is 14.4 Å². The standard InChI is InChI=1S/C31H40N4O4/c1-21-17-19-35(31(38)25(33-2)16-15-22-10-4-3-5-11-22)28(21)26(36)20-23(12-8-9-18-32)29(37)30-34-24-13-6-7-14-27(24)39-30/h3-7,10-11,13-14,21,23,25,28,33H,8-9,12,15-20,32H2,1-2H3/t21-,23+,25+,28-/m0/s1. The number of likely N-dealkylation sites (N-methyl/N-ethyl adjacent to an activating group) is 1. The molecule has 1 aliphatic heterocycles. The molecule has 4 atom stereocenters. The number of oxazole rings is 1. The molecular formula is C31H40N4O4. The summed E-state index contributed by atoms with van der Waals surface area (Å²) in [5.41, 5.74) is 8.02. The number of carbonyl (C=O) groups excluding carboxylic acids is 3. The van der Waals surface area contributed by atoms with Gasteiger partial charge in [-0.25, -0.2) is 4.98 Å². The highest BCUT2D eigenvalue weighted by Crippen LogP contribution is 2.30. The van der Waals surface area contributed by atoms with Crippen molar-refractivity contribution in [2.75, 3.05) is 20.1 Å². The third-order valence-corrected chi connectivity index (χ3v) is 7.85. The van der Waals surface area contributed by atoms with Gasteiger partial charge in [0.1, 0.15) is 5.52 Å². The fraction of sp³-hybridized carbons (Fsp3) is 0.484. The van der Waals surface area contributed by atoms with Crippen LogP contribution in [0, 0.1) is 11.8 Å². The Morgan fingerprint density at radius 2 is 1.82 bits per heavy atom. The number of likely N-dealkylation sites (tertiary alicyclic amines) is 1. The molecular weight excluding hydrogens is 492 g/mol. The Morgan fingerprint density at radius 1 is 1.08 bits per heavy atom. The van der Waals surface area contributed by atoms with Crippen molar-refractivity contribution in [3.63, 3.8) is 0 Å². The van der Waals surface area contributed by atoms with E-state index in [1.807, 2.05) is 37.3 Å². The van der Waals surface area contributed by atoms with Gasteiger partial charge in [-0.3, -0.25) is 14.4 Å². The number of rotatable bonds is 14. The van der Waals surface area contributed by atoms with Crippen LogP contribution in [0.3, 0.4) is 0 Å². The molecule has 0 saturated carbocycles. The molecule has 1 amide bonds. The normalized spacial score (nSPS) is 18.8. The number of hydrogen-bond acceptors (Lipinski definition) is 7. The first kappa shape index (κ1) is 28.6. The van der Waals surface area contributed by atoms with Gasteiger partial charge in [0.2, 0.25) is 11.7 Å². The molecule has 3 aromatic rings. The van der Waals surface area contributed by atoms with Gasteiger partial charge in [0.25, 0.3) is 5.89 Å². The van der Waals surface area contributed by atoms with Crippen molar-refractivity contribution in [2.45, 2.75) is 64.0 Å². The van der Waals surface area contributed by atoms with Crippen LogP contribution in [0.1, 0.15) is 61.7 Å². The summed E-state index contributed by atoms with van der Waals surface area (Å²) in [7, 11) is 1.79. The van der Waals surface area contributed by atoms with Crippen molar-refractivity contribution in [3.8, 4) is 0 Å². The first-order valence-corrected chi connectivity index (χ1v) is 14.1. The number of para-hydroxylation sites is 2. The monoisotopic (exact) mass is 532 g/mol. The van der Waals surface area contributed by atoms with Crippen LogP contribution in [-0.2, 0) is 16.0 Å². The van der Waals surface area contributed by atoms with Gasteiger partial charge in [-0.15, -0.1) is 0 Å². The molecule has 2 aromatic carbocycles. The predicted molar refractivity (Wildman–Crippen MR) is 151 cm³/mol. The lowest BCUT2D eigenvalue weighted by molar-refractivity contribution is -0.140. The van der Waals surface area contributed by atoms with Gasteiger partial charge in [-0.2, -0.15) is 0 Å². The largest absolute Gasteiger partial charge is 0.434 e. The SMILES string of the molecule is CN[C@H](CCc1ccccc1)C(=O)N1CC[C@H](C)[C@H]1C(=O)C[C@@H](CCCCN)C(=O)c1nc2ccccc2o1. The maximum Gasteiger partial charge on any atom is 0.264 e. The van der Waals surface area contributed by atoms with E-state index in [0.29, 0.717) is 37.0 Å². The van der Waals surface area contributed by atoms with Crippen molar-refractivity contribution >= 4 is 28.6 Å². The number of amides is 1. The second-order valence-electron chi connectivity index (χ2n) is 10.6. The van der Waals surface area contributed by atoms with E-state index < -0.39 is 12.0 Å². The Bertz CT molecular complexity index is 1220. The summed E-state index contributed by atoms with van der Waals surface area (Å²) in [6.07, 6.45) is 4.23. The van der Waals surface area contributed by atoms with E-state index in [2.05, 4.69) is 22.4 Å². The van der Waals surface area contributed by atoms with Crippen molar-refractivity contribution < 1.29 is 18.8 Å². The minimum Gasteiger partial charge on any atom is -0.434 e. The average Bonchev–Trinajstić information content (AvgIpc) is 3.56. The molecule has 0 spiro atoms. The van der Waals surface area contributed by atoms with Crippen LogP contribution in [0.15, 0.2) is 59.0 Å². The summed E-state index contributed by atoms with van der Waals surface area (Å²) < 4.78 is 5.74. The highest BCUT2D eigenvalue weighted by Gasteiger charge is 2.42. The van der Waals surface area contributed by atoms with Gasteiger partial charge in [0.05, 0.1) is 12.1 Å². The van der Waals surface area contributed by atoms with Gasteiger partial charge in [-0.05, 0) is 69.3 Å². The van der Waals surface area contributed by atoms with Gasteiger partial charge in [0, 0.05) is 18.9 Å². The number of unbranched alkanes of at least 4 members (excludes halogenated alkanes) is 1. The minimum atomic E-state index is -0.569. The van der Waals surface area contributed by atoms with E-state index in [4.69, 9.17) is 10.2 Å². The van der Waals surface area contributed by atoms with Gasteiger partial charge in [0.15, 0.2) is 11.4 Å². The maximum atomic E-state index is 13.8. The Morgan fingerprint density at radius 3 is 2.54 bits per heavy atom. The van der Waals surface area contributed by atoms with Crippen molar-refractivity contribution in [3.05, 3.63) is 66.1 Å². The lowest BCUT2D eigenvalue weighted by Crippen LogP contribution is -2.51. The molecule has 4 rings (SSSR count). The number of Topliss-reactive ketones (excluding diaryl/α,β-unsaturated/α-hetero) is 2. The Kier molecular flexibility index (Phi) is 10.0. The lowest BCUT2D eigenvalue weighted by Gasteiger charge is -2.30. The zero-order valence-corrected chi connectivity index (χ0v) is 23.0. The number of nitrogens with one attached hydrogen (secondary N) is 1. The minimum absolute atomic E-state index is 0.0252. The van der Waals surface area contributed by atoms with E-state index in [1.165, 1.54) is 5.56 Å². The van der Waals surface area contributed by atoms with E-state index in [1.54, 1.807) is 24.1 Å². The van der Waals surface area contributed by atoms with Crippen LogP contribution < -0.4 is 11.1 Å². The Balaban J connectivity index is 1.47. The molecule has 1 aliphatic rings. The van der Waals surface area contributed by atoms with Crippen LogP contribution in [0.2, 0.25) is 0 Å². The molecule has 0 radical (unpaired) electrons. The highest BCUT2D eigenvalue weighted by atomic mass is 16.4. The molecule has 0 bridgehead atoms. The van der Waals surface area contributed by atoms with Crippen molar-refractivity contribution in [2.24, 2.45) is 17.6 Å². The third-order valence-electron chi connectivity index (χ3n) is 7.85. The summed E-state index contributed by atoms with van der Waals surface area (Å²) in [5.74, 6) is -0.909. The van der Waals surface area contributed by atoms with E-state index in [-0.39, 0.29) is 41.7 Å². The number of aromatic nitrogens is 1. The molecule has 1 fully saturated rings. The molecule has 1 saturated heterocycles. The van der Waals surface area contributed by atoms with E-state index in [0.717, 1.165) is 25.7 Å². The first-order valence-electron chi connectivity index (χ1n) is 14.1. The number of ketones is 2. The number of nitrogens with two attached hydrogens (primary N) is 1. The maximum absolute atomic E-state index is 13.8. The first-order chi connectivity index (χ1) is 18.9. The Hall–Kier alpha value is -3.36. The van der Waals surface area contributed by atoms with Crippen molar-refractivity contribution in [1.29, 1.82) is 0 Å². The van der Waals surface area contributed by atoms with Gasteiger partial charge in [-0.1, -0.05) is 55.8 Å². The van der Waals surface area contributed by atoms with Crippen LogP contribution in [0.5, 0.6) is 0 Å². The number of benzene rings is 2. The summed E-state index contributed by atoms with van der Waals surface area (Å²) in [5, 5.41) is 3.16. The fourth-order valence-electron chi connectivity index (χ4n) is 5.61. The quantitative estimate of drug-likeness (QED) is 0.236. The molecule has 2 heterocycles. The molecule has 8 heteroatoms. The zero-order chi connectivity index (χ0) is 27.8. The molecule has 39 heavy (non-hydrogen) atoms. The average molecular weight is 533 g/mol. The lowest BCUT2D eigenvalue weighted by atomic mass is 9.87. The van der Waals surface area contributed by atoms with Gasteiger partial charge >= 0.3 is 0 Å². The van der Waals surface area contributed by atoms with Crippen molar-refractivity contribution in [1.82, 2.24) is 15.2 Å². The van der Waals surface area contributed by atoms with Crippen LogP contribution in [0.25, 0.3) is 11.1 Å². The number of aryl methyl sites for hydroxylation is 1. The zero-order valence-electron chi connectivity index (χ0n) is 23.0. The molecule has 208 valence electrons. The highest BCUT2D eigenvalue weighted by molar-refractivity contribution is 6.00. The molecule has 1 aromatic heterocycles. The molecule has 3 N–H and O–H groups in total. The number of nitrogens with zero attached hydrogens (tertiary/aromatic N) is 2. The fourth-order valence-corrected chi connectivity index (χ4v) is 5.61. The summed E-state index contributed by atoms with van der Waals surface area (Å²) in [4.78, 5) is 47.0. The van der Waals surface area contributed by atoms with E-state index >= 15 is 0 Å². The van der Waals surface area contributed by atoms with Gasteiger partial charge < -0.3 is 20.4 Å². The molecule has 8 nitrogen and oxygen atoms in total. The number of fused-ring (bicyclic) bond motifs is 1. The van der Waals surface area contributed by atoms with Crippen LogP contribution >= 0.6 is 0 Å². The smallest absolute Gasteiger partial charge is 0.264 e.